The van der Waals surface area contributed by atoms with Gasteiger partial charge in [0.05, 0.1) is 24.1 Å². The first-order chi connectivity index (χ1) is 29.3. The first-order valence-corrected chi connectivity index (χ1v) is 21.7. The van der Waals surface area contributed by atoms with Gasteiger partial charge in [-0.25, -0.2) is 14.4 Å². The maximum Gasteiger partial charge on any atom is 0.257 e. The standard InChI is InChI=1S/C47H53FN6O4.C2H6/c1-4-54(33(2)3)46(55)38-24-36(48)17-18-41(38)58-43-27-49-32-51-45(43)53-30-47(31-53)25-37(26-47)57-42-19-21-50-39-20-22-52(28-34-12-7-5-8-13-34)40(44(39)42)16-11-23-56-29-35-14-9-6-10-15-35;1-2/h5-10,12-15,17-19,21,24,27,32-33,37,40H,4,11,16,20,22-23,25-26,28-31H2,1-3H3;1-2H3. The zero-order valence-corrected chi connectivity index (χ0v) is 35.7. The number of amides is 1. The second-order valence-electron chi connectivity index (χ2n) is 16.2. The Hall–Kier alpha value is -5.39. The summed E-state index contributed by atoms with van der Waals surface area (Å²) in [5.41, 5.74) is 5.13. The Morgan fingerprint density at radius 1 is 0.933 bits per heavy atom. The number of nitrogens with zero attached hydrogens (tertiary/aromatic N) is 6. The number of carbonyl (C=O) groups excluding carboxylic acids is 1. The molecule has 1 atom stereocenters. The number of carbonyl (C=O) groups is 1. The number of ether oxygens (including phenoxy) is 3. The number of halogens is 1. The molecule has 2 aromatic heterocycles. The molecule has 2 fully saturated rings. The predicted octanol–water partition coefficient (Wildman–Crippen LogP) is 9.84. The van der Waals surface area contributed by atoms with Gasteiger partial charge in [-0.05, 0) is 81.8 Å². The van der Waals surface area contributed by atoms with Crippen molar-refractivity contribution in [1.29, 1.82) is 0 Å². The summed E-state index contributed by atoms with van der Waals surface area (Å²) in [7, 11) is 0. The minimum Gasteiger partial charge on any atom is -0.490 e. The highest BCUT2D eigenvalue weighted by molar-refractivity contribution is 5.97. The average molecular weight is 815 g/mol. The summed E-state index contributed by atoms with van der Waals surface area (Å²) in [6.45, 7) is 15.0. The van der Waals surface area contributed by atoms with Gasteiger partial charge in [0.15, 0.2) is 11.6 Å². The summed E-state index contributed by atoms with van der Waals surface area (Å²) >= 11 is 0. The molecule has 2 aliphatic heterocycles. The van der Waals surface area contributed by atoms with E-state index in [2.05, 4.69) is 68.3 Å². The van der Waals surface area contributed by atoms with E-state index in [0.29, 0.717) is 31.3 Å². The van der Waals surface area contributed by atoms with Crippen LogP contribution >= 0.6 is 0 Å². The Kier molecular flexibility index (Phi) is 14.1. The van der Waals surface area contributed by atoms with Gasteiger partial charge in [0, 0.05) is 75.0 Å². The Morgan fingerprint density at radius 3 is 2.38 bits per heavy atom. The van der Waals surface area contributed by atoms with Crippen LogP contribution in [0.4, 0.5) is 10.2 Å². The quantitative estimate of drug-likeness (QED) is 0.0903. The van der Waals surface area contributed by atoms with Crippen LogP contribution in [-0.4, -0.2) is 75.6 Å². The van der Waals surface area contributed by atoms with E-state index >= 15 is 0 Å². The highest BCUT2D eigenvalue weighted by atomic mass is 19.1. The van der Waals surface area contributed by atoms with Crippen molar-refractivity contribution in [3.8, 4) is 17.2 Å². The van der Waals surface area contributed by atoms with E-state index in [1.807, 2.05) is 59.0 Å². The lowest BCUT2D eigenvalue weighted by Crippen LogP contribution is -2.65. The summed E-state index contributed by atoms with van der Waals surface area (Å²) in [4.78, 5) is 33.6. The third-order valence-electron chi connectivity index (χ3n) is 11.8. The topological polar surface area (TPSA) is 93.2 Å². The minimum absolute atomic E-state index is 0.0491. The normalized spacial score (nSPS) is 16.9. The Bertz CT molecular complexity index is 2160. The van der Waals surface area contributed by atoms with Gasteiger partial charge in [-0.2, -0.15) is 0 Å². The molecule has 1 saturated carbocycles. The third-order valence-corrected chi connectivity index (χ3v) is 11.8. The molecule has 3 aliphatic rings. The first-order valence-electron chi connectivity index (χ1n) is 21.7. The Morgan fingerprint density at radius 2 is 1.67 bits per heavy atom. The minimum atomic E-state index is -0.497. The van der Waals surface area contributed by atoms with Crippen molar-refractivity contribution < 1.29 is 23.4 Å². The van der Waals surface area contributed by atoms with Crippen molar-refractivity contribution in [1.82, 2.24) is 24.8 Å². The molecule has 3 aromatic carbocycles. The number of fused-ring (bicyclic) bond motifs is 1. The molecule has 8 rings (SSSR count). The molecule has 0 radical (unpaired) electrons. The monoisotopic (exact) mass is 814 g/mol. The van der Waals surface area contributed by atoms with Gasteiger partial charge in [-0.1, -0.05) is 74.5 Å². The Balaban J connectivity index is 0.00000268. The fourth-order valence-electron chi connectivity index (χ4n) is 8.96. The van der Waals surface area contributed by atoms with Crippen LogP contribution in [0.1, 0.15) is 99.1 Å². The fraction of sp³-hybridized carbons (Fsp3) is 0.429. The lowest BCUT2D eigenvalue weighted by atomic mass is 9.61. The van der Waals surface area contributed by atoms with Gasteiger partial charge in [-0.15, -0.1) is 0 Å². The lowest BCUT2D eigenvalue weighted by molar-refractivity contribution is -0.0358. The summed E-state index contributed by atoms with van der Waals surface area (Å²) in [6.07, 6.45) is 9.76. The number of hydrogen-bond acceptors (Lipinski definition) is 9. The average Bonchev–Trinajstić information content (AvgIpc) is 3.24. The molecule has 1 saturated heterocycles. The molecule has 5 aromatic rings. The van der Waals surface area contributed by atoms with E-state index in [-0.39, 0.29) is 40.8 Å². The van der Waals surface area contributed by atoms with Gasteiger partial charge in [0.2, 0.25) is 0 Å². The van der Waals surface area contributed by atoms with Crippen molar-refractivity contribution in [2.24, 2.45) is 5.41 Å². The lowest BCUT2D eigenvalue weighted by Gasteiger charge is -2.59. The number of hydrogen-bond donors (Lipinski definition) is 0. The van der Waals surface area contributed by atoms with Crippen LogP contribution in [0.2, 0.25) is 0 Å². The van der Waals surface area contributed by atoms with Crippen LogP contribution in [0.3, 0.4) is 0 Å². The van der Waals surface area contributed by atoms with E-state index in [9.17, 15) is 9.18 Å². The number of rotatable bonds is 16. The summed E-state index contributed by atoms with van der Waals surface area (Å²) in [5, 5.41) is 0. The van der Waals surface area contributed by atoms with Crippen molar-refractivity contribution in [2.45, 2.75) is 98.1 Å². The first kappa shape index (κ1) is 42.7. The van der Waals surface area contributed by atoms with Gasteiger partial charge in [0.25, 0.3) is 5.91 Å². The van der Waals surface area contributed by atoms with E-state index < -0.39 is 5.82 Å². The molecule has 0 bridgehead atoms. The van der Waals surface area contributed by atoms with E-state index in [1.165, 1.54) is 41.2 Å². The molecule has 316 valence electrons. The van der Waals surface area contributed by atoms with Crippen molar-refractivity contribution in [2.75, 3.05) is 37.7 Å². The molecule has 1 aliphatic carbocycles. The zero-order chi connectivity index (χ0) is 42.1. The summed E-state index contributed by atoms with van der Waals surface area (Å²) < 4.78 is 33.8. The molecule has 1 amide bonds. The van der Waals surface area contributed by atoms with E-state index in [4.69, 9.17) is 19.2 Å². The largest absolute Gasteiger partial charge is 0.490 e. The van der Waals surface area contributed by atoms with Crippen molar-refractivity contribution in [3.05, 3.63) is 137 Å². The zero-order valence-electron chi connectivity index (χ0n) is 35.7. The van der Waals surface area contributed by atoms with E-state index in [1.54, 1.807) is 11.1 Å². The predicted molar refractivity (Wildman–Crippen MR) is 233 cm³/mol. The number of pyridine rings is 1. The van der Waals surface area contributed by atoms with Gasteiger partial charge >= 0.3 is 0 Å². The van der Waals surface area contributed by atoms with Crippen LogP contribution in [-0.2, 0) is 24.3 Å². The van der Waals surface area contributed by atoms with Gasteiger partial charge < -0.3 is 24.0 Å². The molecule has 1 unspecified atom stereocenters. The van der Waals surface area contributed by atoms with Crippen LogP contribution in [0.25, 0.3) is 0 Å². The fourth-order valence-corrected chi connectivity index (χ4v) is 8.96. The molecule has 1 spiro atoms. The molecular weight excluding hydrogens is 756 g/mol. The van der Waals surface area contributed by atoms with Gasteiger partial charge in [0.1, 0.15) is 29.7 Å². The maximum atomic E-state index is 14.4. The summed E-state index contributed by atoms with van der Waals surface area (Å²) in [5.74, 6) is 1.52. The number of aromatic nitrogens is 3. The van der Waals surface area contributed by atoms with Crippen LogP contribution in [0.15, 0.2) is 104 Å². The smallest absolute Gasteiger partial charge is 0.257 e. The Labute approximate surface area is 354 Å². The van der Waals surface area contributed by atoms with Crippen molar-refractivity contribution in [3.63, 3.8) is 0 Å². The second kappa shape index (κ2) is 19.8. The molecule has 60 heavy (non-hydrogen) atoms. The maximum absolute atomic E-state index is 14.4. The third kappa shape index (κ3) is 9.79. The van der Waals surface area contributed by atoms with E-state index in [0.717, 1.165) is 69.7 Å². The molecule has 11 heteroatoms. The molecule has 10 nitrogen and oxygen atoms in total. The van der Waals surface area contributed by atoms with Gasteiger partial charge in [-0.3, -0.25) is 14.7 Å². The van der Waals surface area contributed by atoms with Crippen LogP contribution < -0.4 is 14.4 Å². The van der Waals surface area contributed by atoms with Crippen molar-refractivity contribution >= 4 is 11.7 Å². The number of benzene rings is 3. The molecular formula is C49H59FN6O4. The molecule has 0 N–H and O–H groups in total. The second-order valence-corrected chi connectivity index (χ2v) is 16.2. The molecule has 4 heterocycles. The highest BCUT2D eigenvalue weighted by Gasteiger charge is 2.54. The van der Waals surface area contributed by atoms with Crippen LogP contribution in [0, 0.1) is 11.2 Å². The SMILES string of the molecule is CC.CCN(C(=O)c1cc(F)ccc1Oc1cncnc1N1CC2(CC(Oc3ccnc4c3C(CCCOCc3ccccc3)N(Cc3ccccc3)CC4)C2)C1)C(C)C. The number of anilines is 1. The van der Waals surface area contributed by atoms with Crippen LogP contribution in [0.5, 0.6) is 17.2 Å². The summed E-state index contributed by atoms with van der Waals surface area (Å²) in [6, 6.07) is 27.3. The highest BCUT2D eigenvalue weighted by Crippen LogP contribution is 2.52.